The van der Waals surface area contributed by atoms with Crippen LogP contribution in [0, 0.1) is 0 Å². The summed E-state index contributed by atoms with van der Waals surface area (Å²) in [5.41, 5.74) is 0. The SMILES string of the molecule is COc1ccc(SC(C)C(=O)N2CCCNCC2)cc1.Cl. The number of rotatable bonds is 4. The summed E-state index contributed by atoms with van der Waals surface area (Å²) in [6.45, 7) is 5.55. The molecule has 118 valence electrons. The first-order chi connectivity index (χ1) is 9.70. The summed E-state index contributed by atoms with van der Waals surface area (Å²) in [6.07, 6.45) is 1.03. The third-order valence-electron chi connectivity index (χ3n) is 3.37. The summed E-state index contributed by atoms with van der Waals surface area (Å²) in [5, 5.41) is 3.26. The number of hydrogen-bond acceptors (Lipinski definition) is 4. The second-order valence-corrected chi connectivity index (χ2v) is 6.28. The van der Waals surface area contributed by atoms with Gasteiger partial charge in [0.1, 0.15) is 5.75 Å². The molecular weight excluding hydrogens is 308 g/mol. The molecule has 1 atom stereocenters. The Hall–Kier alpha value is -0.910. The van der Waals surface area contributed by atoms with Gasteiger partial charge < -0.3 is 15.0 Å². The lowest BCUT2D eigenvalue weighted by Crippen LogP contribution is -2.38. The first kappa shape index (κ1) is 18.1. The lowest BCUT2D eigenvalue weighted by Gasteiger charge is -2.23. The van der Waals surface area contributed by atoms with Crippen LogP contribution in [0.2, 0.25) is 0 Å². The lowest BCUT2D eigenvalue weighted by atomic mass is 10.3. The molecule has 21 heavy (non-hydrogen) atoms. The Balaban J connectivity index is 0.00000220. The second-order valence-electron chi connectivity index (χ2n) is 4.86. The topological polar surface area (TPSA) is 41.6 Å². The van der Waals surface area contributed by atoms with E-state index in [0.29, 0.717) is 0 Å². The molecule has 0 radical (unpaired) electrons. The summed E-state index contributed by atoms with van der Waals surface area (Å²) in [7, 11) is 1.65. The van der Waals surface area contributed by atoms with Crippen LogP contribution in [0.1, 0.15) is 13.3 Å². The Morgan fingerprint density at radius 2 is 2.00 bits per heavy atom. The van der Waals surface area contributed by atoms with Crippen LogP contribution in [-0.4, -0.2) is 49.3 Å². The Bertz CT molecular complexity index is 434. The fraction of sp³-hybridized carbons (Fsp3) is 0.533. The van der Waals surface area contributed by atoms with Gasteiger partial charge in [0.25, 0.3) is 0 Å². The number of carbonyl (C=O) groups is 1. The normalized spacial score (nSPS) is 16.6. The van der Waals surface area contributed by atoms with Crippen molar-refractivity contribution in [3.8, 4) is 5.75 Å². The van der Waals surface area contributed by atoms with Crippen LogP contribution in [0.4, 0.5) is 0 Å². The van der Waals surface area contributed by atoms with Gasteiger partial charge in [-0.2, -0.15) is 0 Å². The zero-order valence-electron chi connectivity index (χ0n) is 12.5. The van der Waals surface area contributed by atoms with E-state index >= 15 is 0 Å². The van der Waals surface area contributed by atoms with Crippen molar-refractivity contribution in [3.05, 3.63) is 24.3 Å². The highest BCUT2D eigenvalue weighted by Crippen LogP contribution is 2.26. The average molecular weight is 331 g/mol. The van der Waals surface area contributed by atoms with Gasteiger partial charge in [-0.1, -0.05) is 0 Å². The summed E-state index contributed by atoms with van der Waals surface area (Å²) in [4.78, 5) is 15.5. The van der Waals surface area contributed by atoms with E-state index in [4.69, 9.17) is 4.74 Å². The van der Waals surface area contributed by atoms with Crippen molar-refractivity contribution < 1.29 is 9.53 Å². The maximum Gasteiger partial charge on any atom is 0.235 e. The number of nitrogens with zero attached hydrogens (tertiary/aromatic N) is 1. The molecule has 1 amide bonds. The van der Waals surface area contributed by atoms with Crippen molar-refractivity contribution in [2.24, 2.45) is 0 Å². The highest BCUT2D eigenvalue weighted by molar-refractivity contribution is 8.00. The van der Waals surface area contributed by atoms with Gasteiger partial charge >= 0.3 is 0 Å². The van der Waals surface area contributed by atoms with E-state index in [2.05, 4.69) is 5.32 Å². The van der Waals surface area contributed by atoms with Crippen molar-refractivity contribution >= 4 is 30.1 Å². The number of hydrogen-bond donors (Lipinski definition) is 1. The molecule has 6 heteroatoms. The molecule has 1 aliphatic heterocycles. The summed E-state index contributed by atoms with van der Waals surface area (Å²) >= 11 is 1.60. The Morgan fingerprint density at radius 1 is 1.29 bits per heavy atom. The van der Waals surface area contributed by atoms with E-state index < -0.39 is 0 Å². The van der Waals surface area contributed by atoms with Crippen LogP contribution in [0.5, 0.6) is 5.75 Å². The number of methoxy groups -OCH3 is 1. The molecule has 1 N–H and O–H groups in total. The maximum atomic E-state index is 12.4. The molecule has 0 bridgehead atoms. The minimum Gasteiger partial charge on any atom is -0.497 e. The fourth-order valence-electron chi connectivity index (χ4n) is 2.23. The molecule has 1 saturated heterocycles. The minimum atomic E-state index is -0.0542. The summed E-state index contributed by atoms with van der Waals surface area (Å²) < 4.78 is 5.14. The maximum absolute atomic E-state index is 12.4. The zero-order chi connectivity index (χ0) is 14.4. The number of halogens is 1. The van der Waals surface area contributed by atoms with Crippen LogP contribution >= 0.6 is 24.2 Å². The highest BCUT2D eigenvalue weighted by Gasteiger charge is 2.22. The van der Waals surface area contributed by atoms with E-state index in [1.807, 2.05) is 36.1 Å². The molecule has 0 aliphatic carbocycles. The van der Waals surface area contributed by atoms with Crippen molar-refractivity contribution in [1.29, 1.82) is 0 Å². The van der Waals surface area contributed by atoms with Gasteiger partial charge in [0.15, 0.2) is 0 Å². The van der Waals surface area contributed by atoms with Gasteiger partial charge in [-0.05, 0) is 44.2 Å². The zero-order valence-corrected chi connectivity index (χ0v) is 14.1. The smallest absolute Gasteiger partial charge is 0.235 e. The molecule has 2 rings (SSSR count). The molecule has 0 saturated carbocycles. The molecule has 0 spiro atoms. The second kappa shape index (κ2) is 9.18. The Morgan fingerprint density at radius 3 is 2.67 bits per heavy atom. The molecule has 0 aromatic heterocycles. The molecule has 1 fully saturated rings. The summed E-state index contributed by atoms with van der Waals surface area (Å²) in [6, 6.07) is 7.85. The molecular formula is C15H23ClN2O2S. The molecule has 1 aromatic carbocycles. The molecule has 1 heterocycles. The lowest BCUT2D eigenvalue weighted by molar-refractivity contribution is -0.130. The van der Waals surface area contributed by atoms with Crippen molar-refractivity contribution in [3.63, 3.8) is 0 Å². The van der Waals surface area contributed by atoms with Gasteiger partial charge in [-0.15, -0.1) is 24.2 Å². The van der Waals surface area contributed by atoms with Crippen LogP contribution in [-0.2, 0) is 4.79 Å². The van der Waals surface area contributed by atoms with Crippen LogP contribution in [0.25, 0.3) is 0 Å². The van der Waals surface area contributed by atoms with Gasteiger partial charge in [0.05, 0.1) is 12.4 Å². The van der Waals surface area contributed by atoms with Crippen molar-refractivity contribution in [2.45, 2.75) is 23.5 Å². The number of amides is 1. The van der Waals surface area contributed by atoms with Crippen molar-refractivity contribution in [1.82, 2.24) is 10.2 Å². The van der Waals surface area contributed by atoms with Crippen LogP contribution in [0.3, 0.4) is 0 Å². The van der Waals surface area contributed by atoms with E-state index in [1.54, 1.807) is 18.9 Å². The molecule has 4 nitrogen and oxygen atoms in total. The number of thioether (sulfide) groups is 1. The number of nitrogens with one attached hydrogen (secondary N) is 1. The van der Waals surface area contributed by atoms with E-state index in [0.717, 1.165) is 43.2 Å². The number of benzene rings is 1. The van der Waals surface area contributed by atoms with Crippen molar-refractivity contribution in [2.75, 3.05) is 33.3 Å². The predicted octanol–water partition coefficient (Wildman–Crippen LogP) is 2.42. The molecule has 1 aromatic rings. The largest absolute Gasteiger partial charge is 0.497 e. The van der Waals surface area contributed by atoms with Crippen LogP contribution in [0.15, 0.2) is 29.2 Å². The third kappa shape index (κ3) is 5.41. The first-order valence-corrected chi connectivity index (χ1v) is 7.89. The average Bonchev–Trinajstić information content (AvgIpc) is 2.76. The van der Waals surface area contributed by atoms with Gasteiger partial charge in [0, 0.05) is 24.5 Å². The van der Waals surface area contributed by atoms with E-state index in [9.17, 15) is 4.79 Å². The predicted molar refractivity (Wildman–Crippen MR) is 89.6 cm³/mol. The van der Waals surface area contributed by atoms with Crippen LogP contribution < -0.4 is 10.1 Å². The Labute approximate surface area is 137 Å². The van der Waals surface area contributed by atoms with Gasteiger partial charge in [0.2, 0.25) is 5.91 Å². The third-order valence-corrected chi connectivity index (χ3v) is 4.47. The highest BCUT2D eigenvalue weighted by atomic mass is 35.5. The standard InChI is InChI=1S/C15H22N2O2S.ClH/c1-12(15(18)17-10-3-8-16-9-11-17)20-14-6-4-13(19-2)5-7-14;/h4-7,12,16H,3,8-11H2,1-2H3;1H. The monoisotopic (exact) mass is 330 g/mol. The molecule has 1 aliphatic rings. The Kier molecular flexibility index (Phi) is 7.93. The number of carbonyl (C=O) groups excluding carboxylic acids is 1. The van der Waals surface area contributed by atoms with Gasteiger partial charge in [-0.25, -0.2) is 0 Å². The summed E-state index contributed by atoms with van der Waals surface area (Å²) in [5.74, 6) is 1.07. The van der Waals surface area contributed by atoms with E-state index in [1.165, 1.54) is 0 Å². The fourth-order valence-corrected chi connectivity index (χ4v) is 3.18. The quantitative estimate of drug-likeness (QED) is 0.861. The van der Waals surface area contributed by atoms with Gasteiger partial charge in [-0.3, -0.25) is 4.79 Å². The number of ether oxygens (including phenoxy) is 1. The molecule has 1 unspecified atom stereocenters. The minimum absolute atomic E-state index is 0. The van der Waals surface area contributed by atoms with E-state index in [-0.39, 0.29) is 23.6 Å². The first-order valence-electron chi connectivity index (χ1n) is 7.01.